The lowest BCUT2D eigenvalue weighted by Gasteiger charge is -2.59. The molecule has 162 valence electrons. The topological polar surface area (TPSA) is 61.4 Å². The molecule has 5 fully saturated rings. The first-order chi connectivity index (χ1) is 14.5. The first-order valence-electron chi connectivity index (χ1n) is 11.9. The maximum atomic E-state index is 12.7. The molecule has 1 heterocycles. The third-order valence-electron chi connectivity index (χ3n) is 8.34. The van der Waals surface area contributed by atoms with Gasteiger partial charge in [-0.25, -0.2) is 4.79 Å². The lowest BCUT2D eigenvalue weighted by Crippen LogP contribution is -2.57. The number of nitrogens with one attached hydrogen (secondary N) is 2. The van der Waals surface area contributed by atoms with Crippen molar-refractivity contribution in [2.75, 3.05) is 6.54 Å². The smallest absolute Gasteiger partial charge is 0.315 e. The molecular weight excluding hydrogens is 374 g/mol. The molecule has 4 aliphatic carbocycles. The number of hydrogen-bond donors (Lipinski definition) is 2. The monoisotopic (exact) mass is 409 g/mol. The van der Waals surface area contributed by atoms with E-state index in [-0.39, 0.29) is 18.0 Å². The number of carbonyl (C=O) groups is 2. The molecule has 30 heavy (non-hydrogen) atoms. The van der Waals surface area contributed by atoms with Crippen LogP contribution in [-0.4, -0.2) is 29.4 Å². The van der Waals surface area contributed by atoms with E-state index in [1.54, 1.807) is 0 Å². The lowest BCUT2D eigenvalue weighted by molar-refractivity contribution is -0.128. The van der Waals surface area contributed by atoms with Gasteiger partial charge < -0.3 is 15.5 Å². The summed E-state index contributed by atoms with van der Waals surface area (Å²) in [5.74, 6) is 2.94. The van der Waals surface area contributed by atoms with Crippen LogP contribution in [0.15, 0.2) is 24.3 Å². The first-order valence-corrected chi connectivity index (χ1v) is 11.9. The molecule has 0 spiro atoms. The molecule has 2 N–H and O–H groups in total. The van der Waals surface area contributed by atoms with Crippen LogP contribution >= 0.6 is 0 Å². The van der Waals surface area contributed by atoms with Crippen LogP contribution in [0.25, 0.3) is 0 Å². The molecule has 5 nitrogen and oxygen atoms in total. The largest absolute Gasteiger partial charge is 0.338 e. The minimum atomic E-state index is -0.0571. The Morgan fingerprint density at radius 2 is 1.80 bits per heavy atom. The molecule has 1 aromatic rings. The lowest BCUT2D eigenvalue weighted by atomic mass is 9.48. The van der Waals surface area contributed by atoms with Crippen LogP contribution in [-0.2, 0) is 17.9 Å². The molecule has 1 atom stereocenters. The Balaban J connectivity index is 1.14. The Morgan fingerprint density at radius 3 is 2.43 bits per heavy atom. The van der Waals surface area contributed by atoms with Crippen LogP contribution in [0.3, 0.4) is 0 Å². The number of amides is 3. The average Bonchev–Trinajstić information content (AvgIpc) is 3.10. The fraction of sp³-hybridized carbons (Fsp3) is 0.680. The maximum Gasteiger partial charge on any atom is 0.315 e. The summed E-state index contributed by atoms with van der Waals surface area (Å²) in [6.45, 7) is 4.26. The molecule has 0 radical (unpaired) electrons. The van der Waals surface area contributed by atoms with Crippen molar-refractivity contribution in [1.29, 1.82) is 0 Å². The van der Waals surface area contributed by atoms with Gasteiger partial charge in [0.1, 0.15) is 0 Å². The van der Waals surface area contributed by atoms with Gasteiger partial charge in [-0.2, -0.15) is 0 Å². The van der Waals surface area contributed by atoms with Crippen molar-refractivity contribution in [3.63, 3.8) is 0 Å². The van der Waals surface area contributed by atoms with Crippen LogP contribution in [0.5, 0.6) is 0 Å². The Morgan fingerprint density at radius 1 is 1.13 bits per heavy atom. The van der Waals surface area contributed by atoms with Crippen molar-refractivity contribution >= 4 is 11.9 Å². The zero-order valence-corrected chi connectivity index (χ0v) is 18.2. The number of benzene rings is 1. The summed E-state index contributed by atoms with van der Waals surface area (Å²) < 4.78 is 0. The van der Waals surface area contributed by atoms with Crippen molar-refractivity contribution in [2.45, 2.75) is 77.4 Å². The van der Waals surface area contributed by atoms with Crippen LogP contribution in [0, 0.1) is 23.2 Å². The molecule has 5 heteroatoms. The zero-order valence-electron chi connectivity index (χ0n) is 18.2. The Hall–Kier alpha value is -2.04. The molecule has 1 unspecified atom stereocenters. The quantitative estimate of drug-likeness (QED) is 0.739. The van der Waals surface area contributed by atoms with E-state index in [1.165, 1.54) is 38.5 Å². The molecule has 1 aliphatic heterocycles. The highest BCUT2D eigenvalue weighted by atomic mass is 16.2. The van der Waals surface area contributed by atoms with Gasteiger partial charge in [-0.3, -0.25) is 4.79 Å². The van der Waals surface area contributed by atoms with Crippen LogP contribution in [0.4, 0.5) is 4.79 Å². The van der Waals surface area contributed by atoms with Gasteiger partial charge in [-0.05, 0) is 86.2 Å². The van der Waals surface area contributed by atoms with E-state index in [4.69, 9.17) is 0 Å². The fourth-order valence-electron chi connectivity index (χ4n) is 7.22. The highest BCUT2D eigenvalue weighted by Crippen LogP contribution is 2.61. The summed E-state index contributed by atoms with van der Waals surface area (Å²) in [5, 5.41) is 6.34. The summed E-state index contributed by atoms with van der Waals surface area (Å²) in [6, 6.07) is 8.40. The van der Waals surface area contributed by atoms with Gasteiger partial charge >= 0.3 is 6.03 Å². The van der Waals surface area contributed by atoms with E-state index in [0.717, 1.165) is 41.8 Å². The third-order valence-corrected chi connectivity index (χ3v) is 8.34. The molecule has 4 saturated carbocycles. The van der Waals surface area contributed by atoms with Crippen molar-refractivity contribution in [2.24, 2.45) is 23.2 Å². The highest BCUT2D eigenvalue weighted by Gasteiger charge is 2.53. The van der Waals surface area contributed by atoms with E-state index < -0.39 is 0 Å². The first kappa shape index (κ1) is 19.9. The Bertz CT molecular complexity index is 785. The molecule has 4 bridgehead atoms. The second-order valence-corrected chi connectivity index (χ2v) is 10.6. The summed E-state index contributed by atoms with van der Waals surface area (Å²) in [5.41, 5.74) is 2.54. The van der Waals surface area contributed by atoms with Gasteiger partial charge in [-0.15, -0.1) is 0 Å². The minimum Gasteiger partial charge on any atom is -0.338 e. The molecule has 3 amide bonds. The van der Waals surface area contributed by atoms with Crippen LogP contribution in [0.1, 0.15) is 69.4 Å². The number of rotatable bonds is 6. The molecular formula is C25H35N3O2. The molecule has 0 aromatic heterocycles. The van der Waals surface area contributed by atoms with Gasteiger partial charge in [0.15, 0.2) is 0 Å². The number of hydrogen-bond acceptors (Lipinski definition) is 2. The van der Waals surface area contributed by atoms with Crippen LogP contribution in [0.2, 0.25) is 0 Å². The predicted octanol–water partition coefficient (Wildman–Crippen LogP) is 4.21. The van der Waals surface area contributed by atoms with Gasteiger partial charge in [0, 0.05) is 32.1 Å². The van der Waals surface area contributed by atoms with Gasteiger partial charge in [0.2, 0.25) is 5.91 Å². The molecule has 5 aliphatic rings. The van der Waals surface area contributed by atoms with E-state index in [2.05, 4.69) is 29.7 Å². The fourth-order valence-corrected chi connectivity index (χ4v) is 7.22. The van der Waals surface area contributed by atoms with Crippen molar-refractivity contribution in [1.82, 2.24) is 15.5 Å². The van der Waals surface area contributed by atoms with Gasteiger partial charge in [0.25, 0.3) is 0 Å². The number of carbonyl (C=O) groups excluding carboxylic acids is 2. The third kappa shape index (κ3) is 3.95. The summed E-state index contributed by atoms with van der Waals surface area (Å²) in [7, 11) is 0. The number of urea groups is 1. The number of nitrogens with zero attached hydrogens (tertiary/aromatic N) is 1. The normalized spacial score (nSPS) is 33.0. The average molecular weight is 410 g/mol. The maximum absolute atomic E-state index is 12.7. The summed E-state index contributed by atoms with van der Waals surface area (Å²) in [4.78, 5) is 26.4. The molecule has 1 aromatic carbocycles. The Labute approximate surface area is 180 Å². The minimum absolute atomic E-state index is 0.0571. The van der Waals surface area contributed by atoms with E-state index in [0.29, 0.717) is 24.9 Å². The van der Waals surface area contributed by atoms with E-state index >= 15 is 0 Å². The molecule has 6 rings (SSSR count). The summed E-state index contributed by atoms with van der Waals surface area (Å²) >= 11 is 0. The zero-order chi connectivity index (χ0) is 20.7. The van der Waals surface area contributed by atoms with Crippen LogP contribution < -0.4 is 10.6 Å². The predicted molar refractivity (Wildman–Crippen MR) is 117 cm³/mol. The van der Waals surface area contributed by atoms with Crippen molar-refractivity contribution in [3.05, 3.63) is 35.4 Å². The van der Waals surface area contributed by atoms with E-state index in [1.807, 2.05) is 17.0 Å². The highest BCUT2D eigenvalue weighted by molar-refractivity contribution is 5.78. The van der Waals surface area contributed by atoms with E-state index in [9.17, 15) is 9.59 Å². The second kappa shape index (κ2) is 7.90. The van der Waals surface area contributed by atoms with Crippen molar-refractivity contribution < 1.29 is 9.59 Å². The summed E-state index contributed by atoms with van der Waals surface area (Å²) in [6.07, 6.45) is 9.82. The van der Waals surface area contributed by atoms with Gasteiger partial charge in [-0.1, -0.05) is 24.3 Å². The SMILES string of the molecule is CC(NC(=O)NCc1cccc(CN2CCCC2=O)c1)C12CC3CC(CC(C3)C1)C2. The number of likely N-dealkylation sites (tertiary alicyclic amines) is 1. The molecule has 1 saturated heterocycles. The van der Waals surface area contributed by atoms with Gasteiger partial charge in [0.05, 0.1) is 0 Å². The standard InChI is InChI=1S/C25H35N3O2/c1-17(25-12-20-9-21(13-25)11-22(10-20)14-25)27-24(30)26-15-18-4-2-5-19(8-18)16-28-7-3-6-23(28)29/h2,4-5,8,17,20-22H,3,6-7,9-16H2,1H3,(H2,26,27,30). The second-order valence-electron chi connectivity index (χ2n) is 10.6. The van der Waals surface area contributed by atoms with Crippen molar-refractivity contribution in [3.8, 4) is 0 Å². The Kier molecular flexibility index (Phi) is 5.24.